The molecule has 0 aromatic heterocycles. The number of fused-ring (bicyclic) bond motifs is 8. The van der Waals surface area contributed by atoms with Crippen molar-refractivity contribution >= 4 is 14.0 Å². The first-order chi connectivity index (χ1) is 25.2. The van der Waals surface area contributed by atoms with Gasteiger partial charge in [-0.2, -0.15) is 0 Å². The molecule has 3 aliphatic carbocycles. The molecule has 0 saturated heterocycles. The van der Waals surface area contributed by atoms with Gasteiger partial charge in [0.2, 0.25) is 0 Å². The summed E-state index contributed by atoms with van der Waals surface area (Å²) >= 11 is -3.07. The molecule has 284 valence electrons. The van der Waals surface area contributed by atoms with Crippen molar-refractivity contribution in [1.29, 1.82) is 0 Å². The van der Waals surface area contributed by atoms with Crippen LogP contribution in [0.1, 0.15) is 124 Å². The third-order valence-electron chi connectivity index (χ3n) is 14.4. The molecule has 0 spiro atoms. The third-order valence-corrected chi connectivity index (χ3v) is 24.2. The van der Waals surface area contributed by atoms with Crippen LogP contribution in [0.3, 0.4) is 0 Å². The summed E-state index contributed by atoms with van der Waals surface area (Å²) in [5.74, 6) is 2.25. The predicted molar refractivity (Wildman–Crippen MR) is 226 cm³/mol. The van der Waals surface area contributed by atoms with E-state index in [1.165, 1.54) is 55.3 Å². The van der Waals surface area contributed by atoms with Crippen LogP contribution in [0, 0.1) is 43.9 Å². The van der Waals surface area contributed by atoms with Gasteiger partial charge in [-0.15, -0.1) is 0 Å². The minimum Gasteiger partial charge on any atom is -1.00 e. The second kappa shape index (κ2) is 15.2. The van der Waals surface area contributed by atoms with E-state index in [0.717, 1.165) is 0 Å². The van der Waals surface area contributed by atoms with Gasteiger partial charge in [0.15, 0.2) is 0 Å². The predicted octanol–water partition coefficient (Wildman–Crippen LogP) is 7.90. The first-order valence-electron chi connectivity index (χ1n) is 20.2. The molecule has 0 saturated carbocycles. The Balaban J connectivity index is 0.00000257. The monoisotopic (exact) mass is 842 g/mol. The molecule has 0 nitrogen and oxygen atoms in total. The van der Waals surface area contributed by atoms with E-state index in [9.17, 15) is 0 Å². The topological polar surface area (TPSA) is 0 Å². The van der Waals surface area contributed by atoms with Gasteiger partial charge in [-0.25, -0.2) is 0 Å². The van der Waals surface area contributed by atoms with Gasteiger partial charge in [0.05, 0.1) is 0 Å². The van der Waals surface area contributed by atoms with Crippen LogP contribution in [-0.4, -0.2) is 3.21 Å². The molecule has 6 atom stereocenters. The zero-order valence-electron chi connectivity index (χ0n) is 35.0. The van der Waals surface area contributed by atoms with E-state index in [1.807, 2.05) is 0 Å². The molecular weight excluding hydrogens is 787 g/mol. The summed E-state index contributed by atoms with van der Waals surface area (Å²) in [5.41, 5.74) is 18.4. The quantitative estimate of drug-likeness (QED) is 0.173. The fourth-order valence-electron chi connectivity index (χ4n) is 10.9. The van der Waals surface area contributed by atoms with Gasteiger partial charge in [-0.1, -0.05) is 0 Å². The fourth-order valence-corrected chi connectivity index (χ4v) is 21.7. The molecule has 0 aliphatic heterocycles. The van der Waals surface area contributed by atoms with Crippen LogP contribution in [0.25, 0.3) is 21.9 Å². The summed E-state index contributed by atoms with van der Waals surface area (Å²) in [6.07, 6.45) is 5.35. The Morgan fingerprint density at radius 3 is 1.76 bits per heavy atom. The largest absolute Gasteiger partial charge is 1.00 e. The second-order valence-electron chi connectivity index (χ2n) is 18.1. The van der Waals surface area contributed by atoms with Crippen molar-refractivity contribution in [3.8, 4) is 11.1 Å². The smallest absolute Gasteiger partial charge is 1.00 e. The average molecular weight is 845 g/mol. The first kappa shape index (κ1) is 41.8. The molecule has 6 unspecified atom stereocenters. The van der Waals surface area contributed by atoms with E-state index in [2.05, 4.69) is 186 Å². The summed E-state index contributed by atoms with van der Waals surface area (Å²) in [7, 11) is 0. The van der Waals surface area contributed by atoms with Gasteiger partial charge in [0.1, 0.15) is 0 Å². The minimum absolute atomic E-state index is 0. The average Bonchev–Trinajstić information content (AvgIpc) is 3.68. The second-order valence-corrected chi connectivity index (χ2v) is 25.2. The van der Waals surface area contributed by atoms with Gasteiger partial charge in [0, 0.05) is 0 Å². The molecule has 0 amide bonds. The van der Waals surface area contributed by atoms with Crippen molar-refractivity contribution in [1.82, 2.24) is 0 Å². The number of aryl methyl sites for hydroxylation is 1. The minimum atomic E-state index is -3.07. The van der Waals surface area contributed by atoms with Crippen molar-refractivity contribution in [2.75, 3.05) is 0 Å². The molecule has 5 aromatic rings. The zero-order valence-corrected chi connectivity index (χ0v) is 38.9. The number of hydrogen-bond acceptors (Lipinski definition) is 0. The van der Waals surface area contributed by atoms with Crippen molar-refractivity contribution in [2.24, 2.45) is 23.2 Å². The Hall–Kier alpha value is -2.83. The Morgan fingerprint density at radius 2 is 1.22 bits per heavy atom. The number of hydrogen-bond donors (Lipinski definition) is 0. The molecule has 8 rings (SSSR count). The fraction of sp³-hybridized carbons (Fsp3) is 0.365. The maximum absolute atomic E-state index is 3.07. The molecule has 0 heterocycles. The maximum atomic E-state index is 2.79. The van der Waals surface area contributed by atoms with Crippen LogP contribution >= 0.6 is 0 Å². The van der Waals surface area contributed by atoms with Gasteiger partial charge < -0.3 is 24.8 Å². The van der Waals surface area contributed by atoms with Crippen LogP contribution in [0.2, 0.25) is 0 Å². The van der Waals surface area contributed by atoms with Gasteiger partial charge in [0.25, 0.3) is 0 Å². The van der Waals surface area contributed by atoms with Crippen LogP contribution in [0.4, 0.5) is 0 Å². The Kier molecular flexibility index (Phi) is 11.5. The van der Waals surface area contributed by atoms with Crippen LogP contribution < -0.4 is 24.8 Å². The standard InChI is InChI=1S/C29H33.C13H10.C10H15.2ClH.Zr/c1-14-13-24-25(18(5)15(14)2)21(8)28-27-20(7)17(4)16(3)19(6)26(27)22-11-9-10-12-23(22)29(24)28;1-3-7-12(8-4-1)11-13-9-5-2-6-10-13;1-8-5-6-9(7-8)10(2,3)4;;;/h9-13,16-17,19,21H,1-8H3;1-10H;6-8H,1-4H3;2*1H;/q;;;;;+2/p-2. The van der Waals surface area contributed by atoms with E-state index >= 15 is 0 Å². The van der Waals surface area contributed by atoms with Gasteiger partial charge in [-0.05, 0) is 0 Å². The molecular formula is C52H58Cl2Zr. The molecule has 0 radical (unpaired) electrons. The molecule has 3 heteroatoms. The summed E-state index contributed by atoms with van der Waals surface area (Å²) in [4.78, 5) is 0. The van der Waals surface area contributed by atoms with E-state index in [-0.39, 0.29) is 33.4 Å². The summed E-state index contributed by atoms with van der Waals surface area (Å²) < 4.78 is 3.40. The molecule has 3 aliphatic rings. The van der Waals surface area contributed by atoms with E-state index in [4.69, 9.17) is 0 Å². The molecule has 0 fully saturated rings. The summed E-state index contributed by atoms with van der Waals surface area (Å²) in [6.45, 7) is 29.9. The van der Waals surface area contributed by atoms with Gasteiger partial charge in [-0.3, -0.25) is 0 Å². The number of benzene rings is 5. The Bertz CT molecular complexity index is 2350. The maximum Gasteiger partial charge on any atom is -1.00 e. The van der Waals surface area contributed by atoms with Crippen molar-refractivity contribution in [3.05, 3.63) is 162 Å². The molecule has 0 bridgehead atoms. The van der Waals surface area contributed by atoms with Crippen molar-refractivity contribution in [3.63, 3.8) is 0 Å². The van der Waals surface area contributed by atoms with Crippen molar-refractivity contribution in [2.45, 2.75) is 98.0 Å². The molecule has 0 N–H and O–H groups in total. The van der Waals surface area contributed by atoms with E-state index in [1.54, 1.807) is 28.7 Å². The van der Waals surface area contributed by atoms with Crippen molar-refractivity contribution < 1.29 is 46.1 Å². The van der Waals surface area contributed by atoms with Gasteiger partial charge >= 0.3 is 330 Å². The van der Waals surface area contributed by atoms with Crippen LogP contribution in [-0.2, 0) is 24.4 Å². The summed E-state index contributed by atoms with van der Waals surface area (Å²) in [5, 5.41) is 2.94. The zero-order chi connectivity index (χ0) is 37.7. The molecule has 5 aromatic carbocycles. The van der Waals surface area contributed by atoms with Crippen LogP contribution in [0.5, 0.6) is 0 Å². The Labute approximate surface area is 351 Å². The SMILES string of the molecule is Cc1cc2c(c(C)c1C)C(C)c1c3c(c4ccccc4c1-2)C(C)C(C)C(C)[C]3(C)[Zr+2]([C]1=CC(C(C)(C)C)=CC1C)=[C](c1ccccc1)c1ccccc1.[Cl-].[Cl-]. The Morgan fingerprint density at radius 1 is 0.673 bits per heavy atom. The normalized spacial score (nSPS) is 23.7. The third kappa shape index (κ3) is 6.30. The number of rotatable bonds is 4. The van der Waals surface area contributed by atoms with E-state index in [0.29, 0.717) is 29.6 Å². The summed E-state index contributed by atoms with van der Waals surface area (Å²) in [6, 6.07) is 35.2. The number of halogens is 2. The number of allylic oxidation sites excluding steroid dienone is 4. The van der Waals surface area contributed by atoms with Crippen LogP contribution in [0.15, 0.2) is 112 Å². The van der Waals surface area contributed by atoms with E-state index < -0.39 is 21.3 Å². The molecule has 55 heavy (non-hydrogen) atoms. The first-order valence-corrected chi connectivity index (χ1v) is 23.9.